The molecule has 3 heterocycles. The Bertz CT molecular complexity index is 673. The first-order valence-corrected chi connectivity index (χ1v) is 6.27. The zero-order valence-corrected chi connectivity index (χ0v) is 10.4. The third kappa shape index (κ3) is 1.82. The van der Waals surface area contributed by atoms with Crippen molar-refractivity contribution < 1.29 is 0 Å². The SMILES string of the molecule is NCc1cnc2ccc(-c3ccc(Cl)s3)nn12. The molecule has 3 aromatic heterocycles. The number of hydrogen-bond acceptors (Lipinski definition) is 4. The standard InChI is InChI=1S/C11H9ClN4S/c12-10-3-2-9(17-10)8-1-4-11-14-6-7(5-13)16(11)15-8/h1-4,6H,5,13H2. The molecule has 0 spiro atoms. The monoisotopic (exact) mass is 264 g/mol. The first kappa shape index (κ1) is 10.7. The van der Waals surface area contributed by atoms with Crippen LogP contribution < -0.4 is 5.73 Å². The zero-order valence-electron chi connectivity index (χ0n) is 8.80. The minimum absolute atomic E-state index is 0.419. The summed E-state index contributed by atoms with van der Waals surface area (Å²) in [4.78, 5) is 5.26. The third-order valence-electron chi connectivity index (χ3n) is 2.47. The fraction of sp³-hybridized carbons (Fsp3) is 0.0909. The van der Waals surface area contributed by atoms with Crippen LogP contribution in [0.25, 0.3) is 16.2 Å². The Labute approximate surface area is 107 Å². The number of thiophene rings is 1. The van der Waals surface area contributed by atoms with Crippen molar-refractivity contribution in [3.8, 4) is 10.6 Å². The van der Waals surface area contributed by atoms with Gasteiger partial charge in [-0.15, -0.1) is 11.3 Å². The van der Waals surface area contributed by atoms with E-state index in [0.717, 1.165) is 26.2 Å². The summed E-state index contributed by atoms with van der Waals surface area (Å²) in [5.74, 6) is 0. The van der Waals surface area contributed by atoms with Crippen LogP contribution in [0, 0.1) is 0 Å². The van der Waals surface area contributed by atoms with E-state index in [1.165, 1.54) is 11.3 Å². The van der Waals surface area contributed by atoms with Crippen LogP contribution in [0.15, 0.2) is 30.5 Å². The Morgan fingerprint density at radius 3 is 2.88 bits per heavy atom. The average molecular weight is 265 g/mol. The summed E-state index contributed by atoms with van der Waals surface area (Å²) in [5, 5.41) is 4.52. The minimum Gasteiger partial charge on any atom is -0.325 e. The van der Waals surface area contributed by atoms with E-state index in [2.05, 4.69) is 10.1 Å². The summed E-state index contributed by atoms with van der Waals surface area (Å²) in [6.07, 6.45) is 1.74. The lowest BCUT2D eigenvalue weighted by atomic mass is 10.3. The van der Waals surface area contributed by atoms with Crippen LogP contribution >= 0.6 is 22.9 Å². The van der Waals surface area contributed by atoms with Crippen LogP contribution in [0.5, 0.6) is 0 Å². The van der Waals surface area contributed by atoms with E-state index in [1.807, 2.05) is 24.3 Å². The highest BCUT2D eigenvalue weighted by atomic mass is 35.5. The number of aromatic nitrogens is 3. The van der Waals surface area contributed by atoms with Gasteiger partial charge in [0.25, 0.3) is 0 Å². The summed E-state index contributed by atoms with van der Waals surface area (Å²) in [6, 6.07) is 7.69. The van der Waals surface area contributed by atoms with Gasteiger partial charge in [0.2, 0.25) is 0 Å². The molecule has 4 nitrogen and oxygen atoms in total. The summed E-state index contributed by atoms with van der Waals surface area (Å²) < 4.78 is 2.52. The molecule has 0 aliphatic carbocycles. The molecule has 3 rings (SSSR count). The van der Waals surface area contributed by atoms with Gasteiger partial charge in [-0.3, -0.25) is 0 Å². The van der Waals surface area contributed by atoms with Crippen molar-refractivity contribution in [2.45, 2.75) is 6.54 Å². The van der Waals surface area contributed by atoms with Crippen molar-refractivity contribution in [1.29, 1.82) is 0 Å². The van der Waals surface area contributed by atoms with Crippen molar-refractivity contribution in [1.82, 2.24) is 14.6 Å². The summed E-state index contributed by atoms with van der Waals surface area (Å²) in [7, 11) is 0. The highest BCUT2D eigenvalue weighted by Gasteiger charge is 2.07. The maximum atomic E-state index is 5.92. The molecule has 0 unspecified atom stereocenters. The largest absolute Gasteiger partial charge is 0.325 e. The molecule has 6 heteroatoms. The summed E-state index contributed by atoms with van der Waals surface area (Å²) in [6.45, 7) is 0.419. The summed E-state index contributed by atoms with van der Waals surface area (Å²) in [5.41, 5.74) is 8.21. The predicted molar refractivity (Wildman–Crippen MR) is 69.2 cm³/mol. The molecule has 0 saturated carbocycles. The van der Waals surface area contributed by atoms with Gasteiger partial charge in [-0.05, 0) is 24.3 Å². The molecular weight excluding hydrogens is 256 g/mol. The number of imidazole rings is 1. The fourth-order valence-electron chi connectivity index (χ4n) is 1.64. The second kappa shape index (κ2) is 4.10. The maximum absolute atomic E-state index is 5.92. The smallest absolute Gasteiger partial charge is 0.153 e. The predicted octanol–water partition coefficient (Wildman–Crippen LogP) is 2.57. The zero-order chi connectivity index (χ0) is 11.8. The van der Waals surface area contributed by atoms with Gasteiger partial charge in [0.1, 0.15) is 5.69 Å². The number of rotatable bonds is 2. The van der Waals surface area contributed by atoms with Crippen LogP contribution in [0.3, 0.4) is 0 Å². The molecule has 0 atom stereocenters. The molecule has 0 radical (unpaired) electrons. The molecule has 3 aromatic rings. The molecular formula is C11H9ClN4S. The quantitative estimate of drug-likeness (QED) is 0.774. The number of hydrogen-bond donors (Lipinski definition) is 1. The van der Waals surface area contributed by atoms with E-state index in [1.54, 1.807) is 10.7 Å². The van der Waals surface area contributed by atoms with Crippen LogP contribution in [-0.4, -0.2) is 14.6 Å². The molecule has 0 fully saturated rings. The lowest BCUT2D eigenvalue weighted by Gasteiger charge is -2.00. The molecule has 0 aliphatic heterocycles. The van der Waals surface area contributed by atoms with Crippen LogP contribution in [0.4, 0.5) is 0 Å². The second-order valence-electron chi connectivity index (χ2n) is 3.55. The Kier molecular flexibility index (Phi) is 2.58. The van der Waals surface area contributed by atoms with Crippen molar-refractivity contribution in [3.05, 3.63) is 40.5 Å². The highest BCUT2D eigenvalue weighted by Crippen LogP contribution is 2.29. The van der Waals surface area contributed by atoms with Gasteiger partial charge < -0.3 is 5.73 Å². The van der Waals surface area contributed by atoms with Crippen LogP contribution in [0.1, 0.15) is 5.69 Å². The molecule has 17 heavy (non-hydrogen) atoms. The van der Waals surface area contributed by atoms with E-state index in [-0.39, 0.29) is 0 Å². The van der Waals surface area contributed by atoms with Gasteiger partial charge >= 0.3 is 0 Å². The van der Waals surface area contributed by atoms with Crippen molar-refractivity contribution in [3.63, 3.8) is 0 Å². The average Bonchev–Trinajstić information content (AvgIpc) is 2.94. The normalized spacial score (nSPS) is 11.2. The Balaban J connectivity index is 2.18. The van der Waals surface area contributed by atoms with E-state index >= 15 is 0 Å². The van der Waals surface area contributed by atoms with E-state index < -0.39 is 0 Å². The van der Waals surface area contributed by atoms with Crippen molar-refractivity contribution in [2.75, 3.05) is 0 Å². The topological polar surface area (TPSA) is 56.2 Å². The maximum Gasteiger partial charge on any atom is 0.153 e. The van der Waals surface area contributed by atoms with Gasteiger partial charge in [-0.2, -0.15) is 5.10 Å². The molecule has 0 aliphatic rings. The van der Waals surface area contributed by atoms with Crippen molar-refractivity contribution >= 4 is 28.6 Å². The Hall–Kier alpha value is -1.43. The summed E-state index contributed by atoms with van der Waals surface area (Å²) >= 11 is 7.42. The lowest BCUT2D eigenvalue weighted by Crippen LogP contribution is -2.03. The Morgan fingerprint density at radius 2 is 2.18 bits per heavy atom. The number of fused-ring (bicyclic) bond motifs is 1. The highest BCUT2D eigenvalue weighted by molar-refractivity contribution is 7.19. The number of halogens is 1. The Morgan fingerprint density at radius 1 is 1.29 bits per heavy atom. The molecule has 2 N–H and O–H groups in total. The number of nitrogens with two attached hydrogens (primary N) is 1. The van der Waals surface area contributed by atoms with Gasteiger partial charge in [-0.1, -0.05) is 11.6 Å². The van der Waals surface area contributed by atoms with E-state index in [4.69, 9.17) is 17.3 Å². The van der Waals surface area contributed by atoms with Crippen molar-refractivity contribution in [2.24, 2.45) is 5.73 Å². The molecule has 86 valence electrons. The third-order valence-corrected chi connectivity index (χ3v) is 3.72. The van der Waals surface area contributed by atoms with E-state index in [9.17, 15) is 0 Å². The van der Waals surface area contributed by atoms with Gasteiger partial charge in [0, 0.05) is 6.54 Å². The minimum atomic E-state index is 0.419. The van der Waals surface area contributed by atoms with Crippen LogP contribution in [-0.2, 0) is 6.54 Å². The first-order chi connectivity index (χ1) is 8.28. The number of nitrogens with zero attached hydrogens (tertiary/aromatic N) is 3. The van der Waals surface area contributed by atoms with Crippen LogP contribution in [0.2, 0.25) is 4.34 Å². The van der Waals surface area contributed by atoms with Gasteiger partial charge in [0.05, 0.1) is 21.1 Å². The fourth-order valence-corrected chi connectivity index (χ4v) is 2.65. The second-order valence-corrected chi connectivity index (χ2v) is 5.26. The van der Waals surface area contributed by atoms with Gasteiger partial charge in [-0.25, -0.2) is 9.50 Å². The lowest BCUT2D eigenvalue weighted by molar-refractivity contribution is 0.850. The molecule has 0 amide bonds. The molecule has 0 saturated heterocycles. The first-order valence-electron chi connectivity index (χ1n) is 5.07. The van der Waals surface area contributed by atoms with Gasteiger partial charge in [0.15, 0.2) is 5.65 Å². The molecule has 0 aromatic carbocycles. The molecule has 0 bridgehead atoms. The van der Waals surface area contributed by atoms with E-state index in [0.29, 0.717) is 6.54 Å².